The zero-order valence-electron chi connectivity index (χ0n) is 15.2. The van der Waals surface area contributed by atoms with Gasteiger partial charge in [0.25, 0.3) is 0 Å². The van der Waals surface area contributed by atoms with Crippen molar-refractivity contribution in [3.63, 3.8) is 0 Å². The highest BCUT2D eigenvalue weighted by Crippen LogP contribution is 2.32. The van der Waals surface area contributed by atoms with Crippen LogP contribution < -0.4 is 0 Å². The smallest absolute Gasteiger partial charge is 0.341 e. The maximum atomic E-state index is 12.8. The number of carbonyl (C=O) groups excluding carboxylic acids is 2. The average Bonchev–Trinajstić information content (AvgIpc) is 2.94. The minimum absolute atomic E-state index is 0.00150. The molecule has 1 N–H and O–H groups in total. The Balaban J connectivity index is 2.67. The second-order valence-corrected chi connectivity index (χ2v) is 8.40. The van der Waals surface area contributed by atoms with Crippen molar-refractivity contribution in [3.05, 3.63) is 40.0 Å². The van der Waals surface area contributed by atoms with Crippen LogP contribution in [0.25, 0.3) is 0 Å². The molecule has 8 nitrogen and oxygen atoms in total. The van der Waals surface area contributed by atoms with Crippen LogP contribution in [-0.4, -0.2) is 47.9 Å². The molecule has 0 aliphatic rings. The van der Waals surface area contributed by atoms with Crippen molar-refractivity contribution in [1.82, 2.24) is 9.78 Å². The molecule has 0 radical (unpaired) electrons. The average molecular weight is 415 g/mol. The number of hydrogen-bond donors (Lipinski definition) is 1. The first kappa shape index (κ1) is 20.9. The number of carbonyl (C=O) groups is 2. The van der Waals surface area contributed by atoms with Crippen LogP contribution in [0.3, 0.4) is 0 Å². The number of aromatic nitrogens is 2. The summed E-state index contributed by atoms with van der Waals surface area (Å²) in [5, 5.41) is 13.8. The SMILES string of the molecule is CCOC(=O)c1c(S(C)(=O)=O)ccc(C(=O)c2cnn(C(C)C)c2O)c1Cl. The summed E-state index contributed by atoms with van der Waals surface area (Å²) in [6, 6.07) is 2.12. The summed E-state index contributed by atoms with van der Waals surface area (Å²) in [5.74, 6) is -2.01. The predicted octanol–water partition coefficient (Wildman–Crippen LogP) is 2.63. The lowest BCUT2D eigenvalue weighted by Crippen LogP contribution is -2.15. The molecule has 0 bridgehead atoms. The fourth-order valence-electron chi connectivity index (χ4n) is 2.48. The minimum atomic E-state index is -3.80. The summed E-state index contributed by atoms with van der Waals surface area (Å²) in [6.45, 7) is 5.10. The van der Waals surface area contributed by atoms with Crippen LogP contribution in [-0.2, 0) is 14.6 Å². The van der Waals surface area contributed by atoms with Gasteiger partial charge >= 0.3 is 5.97 Å². The van der Waals surface area contributed by atoms with E-state index in [0.717, 1.165) is 12.3 Å². The van der Waals surface area contributed by atoms with Gasteiger partial charge < -0.3 is 9.84 Å². The largest absolute Gasteiger partial charge is 0.493 e. The van der Waals surface area contributed by atoms with Gasteiger partial charge in [-0.1, -0.05) is 11.6 Å². The standard InChI is InChI=1S/C17H19ClN2O6S/c1-5-26-17(23)13-12(27(4,24)25)7-6-10(14(13)18)15(21)11-8-19-20(9(2)3)16(11)22/h6-9,22H,5H2,1-4H3. The molecule has 0 spiro atoms. The van der Waals surface area contributed by atoms with E-state index in [1.54, 1.807) is 20.8 Å². The van der Waals surface area contributed by atoms with E-state index in [1.807, 2.05) is 0 Å². The highest BCUT2D eigenvalue weighted by Gasteiger charge is 2.29. The maximum Gasteiger partial charge on any atom is 0.341 e. The highest BCUT2D eigenvalue weighted by atomic mass is 35.5. The lowest BCUT2D eigenvalue weighted by atomic mass is 10.0. The second kappa shape index (κ2) is 7.69. The van der Waals surface area contributed by atoms with Gasteiger partial charge in [-0.25, -0.2) is 17.9 Å². The van der Waals surface area contributed by atoms with Gasteiger partial charge in [-0.3, -0.25) is 4.79 Å². The number of aromatic hydroxyl groups is 1. The third-order valence-electron chi connectivity index (χ3n) is 3.73. The van der Waals surface area contributed by atoms with Gasteiger partial charge in [-0.05, 0) is 32.9 Å². The van der Waals surface area contributed by atoms with E-state index in [0.29, 0.717) is 0 Å². The Hall–Kier alpha value is -2.39. The zero-order valence-corrected chi connectivity index (χ0v) is 16.8. The van der Waals surface area contributed by atoms with Crippen molar-refractivity contribution in [2.24, 2.45) is 0 Å². The molecule has 0 fully saturated rings. The van der Waals surface area contributed by atoms with Crippen molar-refractivity contribution in [2.45, 2.75) is 31.7 Å². The van der Waals surface area contributed by atoms with Crippen molar-refractivity contribution < 1.29 is 27.9 Å². The fourth-order valence-corrected chi connectivity index (χ4v) is 3.73. The van der Waals surface area contributed by atoms with E-state index >= 15 is 0 Å². The first-order valence-electron chi connectivity index (χ1n) is 8.01. The number of benzene rings is 1. The fraction of sp³-hybridized carbons (Fsp3) is 0.353. The van der Waals surface area contributed by atoms with Crippen molar-refractivity contribution in [2.75, 3.05) is 12.9 Å². The number of halogens is 1. The number of esters is 1. The lowest BCUT2D eigenvalue weighted by Gasteiger charge is -2.12. The van der Waals surface area contributed by atoms with Crippen LogP contribution in [0, 0.1) is 0 Å². The molecule has 0 aliphatic carbocycles. The molecule has 146 valence electrons. The van der Waals surface area contributed by atoms with Crippen molar-refractivity contribution in [3.8, 4) is 5.88 Å². The third kappa shape index (κ3) is 3.98. The van der Waals surface area contributed by atoms with E-state index in [2.05, 4.69) is 5.10 Å². The van der Waals surface area contributed by atoms with Crippen LogP contribution in [0.4, 0.5) is 0 Å². The van der Waals surface area contributed by atoms with E-state index in [9.17, 15) is 23.1 Å². The molecule has 0 saturated carbocycles. The molecule has 1 heterocycles. The molecule has 2 rings (SSSR count). The maximum absolute atomic E-state index is 12.8. The summed E-state index contributed by atoms with van der Waals surface area (Å²) in [6.07, 6.45) is 2.10. The first-order valence-corrected chi connectivity index (χ1v) is 10.3. The summed E-state index contributed by atoms with van der Waals surface area (Å²) < 4.78 is 30.1. The number of sulfone groups is 1. The number of nitrogens with zero attached hydrogens (tertiary/aromatic N) is 2. The van der Waals surface area contributed by atoms with Gasteiger partial charge in [0.2, 0.25) is 11.7 Å². The Morgan fingerprint density at radius 2 is 1.93 bits per heavy atom. The lowest BCUT2D eigenvalue weighted by molar-refractivity contribution is 0.0522. The monoisotopic (exact) mass is 414 g/mol. The molecule has 27 heavy (non-hydrogen) atoms. The van der Waals surface area contributed by atoms with E-state index in [-0.39, 0.29) is 39.6 Å². The minimum Gasteiger partial charge on any atom is -0.493 e. The number of ketones is 1. The Morgan fingerprint density at radius 3 is 2.41 bits per heavy atom. The topological polar surface area (TPSA) is 116 Å². The van der Waals surface area contributed by atoms with E-state index in [4.69, 9.17) is 16.3 Å². The van der Waals surface area contributed by atoms with Crippen LogP contribution in [0.2, 0.25) is 5.02 Å². The molecular formula is C17H19ClN2O6S. The normalized spacial score (nSPS) is 11.6. The molecule has 0 aliphatic heterocycles. The summed E-state index contributed by atoms with van der Waals surface area (Å²) in [5.41, 5.74) is -0.680. The molecule has 2 aromatic rings. The van der Waals surface area contributed by atoms with Gasteiger partial charge in [0.05, 0.1) is 34.3 Å². The summed E-state index contributed by atoms with van der Waals surface area (Å²) >= 11 is 6.22. The molecular weight excluding hydrogens is 396 g/mol. The summed E-state index contributed by atoms with van der Waals surface area (Å²) in [7, 11) is -3.80. The number of hydrogen-bond acceptors (Lipinski definition) is 7. The van der Waals surface area contributed by atoms with Crippen LogP contribution in [0.5, 0.6) is 5.88 Å². The predicted molar refractivity (Wildman–Crippen MR) is 98.2 cm³/mol. The number of rotatable bonds is 6. The van der Waals surface area contributed by atoms with Gasteiger partial charge in [-0.15, -0.1) is 0 Å². The van der Waals surface area contributed by atoms with Gasteiger partial charge in [0, 0.05) is 11.8 Å². The molecule has 0 amide bonds. The Morgan fingerprint density at radius 1 is 1.30 bits per heavy atom. The second-order valence-electron chi connectivity index (χ2n) is 6.04. The van der Waals surface area contributed by atoms with Crippen LogP contribution in [0.15, 0.2) is 23.2 Å². The molecule has 10 heteroatoms. The summed E-state index contributed by atoms with van der Waals surface area (Å²) in [4.78, 5) is 24.7. The number of ether oxygens (including phenoxy) is 1. The van der Waals surface area contributed by atoms with Crippen molar-refractivity contribution in [1.29, 1.82) is 0 Å². The molecule has 0 atom stereocenters. The van der Waals surface area contributed by atoms with E-state index in [1.165, 1.54) is 16.9 Å². The van der Waals surface area contributed by atoms with Crippen LogP contribution in [0.1, 0.15) is 53.1 Å². The Kier molecular flexibility index (Phi) is 5.96. The van der Waals surface area contributed by atoms with Gasteiger partial charge in [0.1, 0.15) is 5.56 Å². The Labute approximate surface area is 161 Å². The van der Waals surface area contributed by atoms with Crippen molar-refractivity contribution >= 4 is 33.2 Å². The zero-order chi connectivity index (χ0) is 20.5. The first-order chi connectivity index (χ1) is 12.5. The third-order valence-corrected chi connectivity index (χ3v) is 5.26. The molecule has 1 aromatic carbocycles. The van der Waals surface area contributed by atoms with Gasteiger partial charge in [0.15, 0.2) is 9.84 Å². The van der Waals surface area contributed by atoms with Crippen LogP contribution >= 0.6 is 11.6 Å². The quantitative estimate of drug-likeness (QED) is 0.570. The van der Waals surface area contributed by atoms with E-state index < -0.39 is 27.2 Å². The van der Waals surface area contributed by atoms with Gasteiger partial charge in [-0.2, -0.15) is 5.10 Å². The highest BCUT2D eigenvalue weighted by molar-refractivity contribution is 7.90. The Bertz CT molecular complexity index is 1010. The molecule has 1 aromatic heterocycles. The molecule has 0 saturated heterocycles. The molecule has 0 unspecified atom stereocenters.